The van der Waals surface area contributed by atoms with Gasteiger partial charge in [-0.1, -0.05) is 28.9 Å². The van der Waals surface area contributed by atoms with Crippen LogP contribution in [0.1, 0.15) is 36.7 Å². The van der Waals surface area contributed by atoms with Gasteiger partial charge in [-0.05, 0) is 59.6 Å². The summed E-state index contributed by atoms with van der Waals surface area (Å²) in [7, 11) is 0. The number of hydrogen-bond acceptors (Lipinski definition) is 2. The molecule has 0 aliphatic heterocycles. The minimum absolute atomic E-state index is 0.132. The summed E-state index contributed by atoms with van der Waals surface area (Å²) >= 11 is 7.22. The molecule has 0 saturated heterocycles. The minimum Gasteiger partial charge on any atom is -0.305 e. The monoisotopic (exact) mass is 399 g/mol. The van der Waals surface area contributed by atoms with Gasteiger partial charge in [0.15, 0.2) is 0 Å². The van der Waals surface area contributed by atoms with E-state index in [1.54, 1.807) is 0 Å². The number of aryl methyl sites for hydroxylation is 2. The first-order chi connectivity index (χ1) is 9.56. The molecule has 0 bridgehead atoms. The number of aromatic nitrogens is 2. The predicted molar refractivity (Wildman–Crippen MR) is 90.0 cm³/mol. The van der Waals surface area contributed by atoms with Crippen molar-refractivity contribution < 1.29 is 0 Å². The number of nitrogens with zero attached hydrogens (tertiary/aromatic N) is 2. The zero-order valence-corrected chi connectivity index (χ0v) is 15.1. The van der Waals surface area contributed by atoms with Crippen LogP contribution in [0.25, 0.3) is 0 Å². The van der Waals surface area contributed by atoms with Crippen LogP contribution in [0.15, 0.2) is 33.3 Å². The molecule has 2 aromatic rings. The van der Waals surface area contributed by atoms with Gasteiger partial charge in [-0.15, -0.1) is 0 Å². The van der Waals surface area contributed by atoms with E-state index in [0.29, 0.717) is 0 Å². The molecule has 0 aliphatic rings. The van der Waals surface area contributed by atoms with E-state index in [4.69, 9.17) is 0 Å². The maximum atomic E-state index is 4.43. The molecular weight excluding hydrogens is 382 g/mol. The quantitative estimate of drug-likeness (QED) is 0.804. The molecule has 0 radical (unpaired) electrons. The normalized spacial score (nSPS) is 12.7. The first kappa shape index (κ1) is 15.7. The summed E-state index contributed by atoms with van der Waals surface area (Å²) in [5.74, 6) is 0. The number of benzene rings is 1. The van der Waals surface area contributed by atoms with Crippen LogP contribution in [-0.4, -0.2) is 16.3 Å². The summed E-state index contributed by atoms with van der Waals surface area (Å²) in [6.07, 6.45) is 1.87. The second-order valence-corrected chi connectivity index (χ2v) is 6.52. The third kappa shape index (κ3) is 3.32. The molecule has 0 spiro atoms. The highest BCUT2D eigenvalue weighted by Gasteiger charge is 2.21. The molecule has 108 valence electrons. The van der Waals surface area contributed by atoms with Crippen LogP contribution in [0.4, 0.5) is 0 Å². The Morgan fingerprint density at radius 1 is 1.25 bits per heavy atom. The van der Waals surface area contributed by atoms with Crippen molar-refractivity contribution in [3.05, 3.63) is 50.2 Å². The molecule has 0 amide bonds. The molecule has 3 nitrogen and oxygen atoms in total. The predicted octanol–water partition coefficient (Wildman–Crippen LogP) is 4.44. The average molecular weight is 401 g/mol. The van der Waals surface area contributed by atoms with Crippen molar-refractivity contribution >= 4 is 31.9 Å². The van der Waals surface area contributed by atoms with E-state index in [1.165, 1.54) is 16.8 Å². The number of nitrogens with one attached hydrogen (secondary N) is 1. The molecule has 0 aliphatic carbocycles. The fourth-order valence-electron chi connectivity index (χ4n) is 2.42. The van der Waals surface area contributed by atoms with E-state index < -0.39 is 0 Å². The largest absolute Gasteiger partial charge is 0.305 e. The van der Waals surface area contributed by atoms with Crippen molar-refractivity contribution in [1.29, 1.82) is 0 Å². The van der Waals surface area contributed by atoms with Crippen molar-refractivity contribution in [2.75, 3.05) is 6.54 Å². The van der Waals surface area contributed by atoms with E-state index in [2.05, 4.69) is 81.2 Å². The summed E-state index contributed by atoms with van der Waals surface area (Å²) in [5, 5.41) is 7.99. The Hall–Kier alpha value is -0.650. The SMILES string of the molecule is CCNC(c1cc(C)cc(Br)c1)c1c(Br)cnn1CC. The highest BCUT2D eigenvalue weighted by atomic mass is 79.9. The van der Waals surface area contributed by atoms with E-state index in [9.17, 15) is 0 Å². The summed E-state index contributed by atoms with van der Waals surface area (Å²) in [6.45, 7) is 8.10. The van der Waals surface area contributed by atoms with E-state index in [1.807, 2.05) is 10.9 Å². The standard InChI is InChI=1S/C15H19Br2N3/c1-4-18-14(11-6-10(3)7-12(16)8-11)15-13(17)9-19-20(15)5-2/h6-9,14,18H,4-5H2,1-3H3. The minimum atomic E-state index is 0.132. The second-order valence-electron chi connectivity index (χ2n) is 4.75. The van der Waals surface area contributed by atoms with Crippen LogP contribution >= 0.6 is 31.9 Å². The molecule has 1 unspecified atom stereocenters. The third-order valence-electron chi connectivity index (χ3n) is 3.21. The van der Waals surface area contributed by atoms with E-state index >= 15 is 0 Å². The lowest BCUT2D eigenvalue weighted by Crippen LogP contribution is -2.25. The molecule has 1 atom stereocenters. The summed E-state index contributed by atoms with van der Waals surface area (Å²) in [4.78, 5) is 0. The highest BCUT2D eigenvalue weighted by molar-refractivity contribution is 9.10. The molecular formula is C15H19Br2N3. The molecule has 1 N–H and O–H groups in total. The Labute approximate surface area is 137 Å². The molecule has 1 aromatic heterocycles. The van der Waals surface area contributed by atoms with Gasteiger partial charge < -0.3 is 5.32 Å². The molecule has 2 rings (SSSR count). The van der Waals surface area contributed by atoms with E-state index in [-0.39, 0.29) is 6.04 Å². The van der Waals surface area contributed by atoms with Crippen LogP contribution in [0.2, 0.25) is 0 Å². The van der Waals surface area contributed by atoms with Gasteiger partial charge in [0.05, 0.1) is 22.4 Å². The average Bonchev–Trinajstić information content (AvgIpc) is 2.76. The first-order valence-electron chi connectivity index (χ1n) is 6.78. The summed E-state index contributed by atoms with van der Waals surface area (Å²) < 4.78 is 4.19. The fraction of sp³-hybridized carbons (Fsp3) is 0.400. The van der Waals surface area contributed by atoms with Crippen molar-refractivity contribution in [2.24, 2.45) is 0 Å². The van der Waals surface area contributed by atoms with Crippen LogP contribution in [0.5, 0.6) is 0 Å². The lowest BCUT2D eigenvalue weighted by molar-refractivity contribution is 0.540. The van der Waals surface area contributed by atoms with Crippen LogP contribution < -0.4 is 5.32 Å². The first-order valence-corrected chi connectivity index (χ1v) is 8.37. The van der Waals surface area contributed by atoms with Gasteiger partial charge >= 0.3 is 0 Å². The van der Waals surface area contributed by atoms with Crippen molar-refractivity contribution in [3.8, 4) is 0 Å². The van der Waals surface area contributed by atoms with Crippen LogP contribution in [0, 0.1) is 6.92 Å². The Kier molecular flexibility index (Phi) is 5.41. The number of halogens is 2. The Balaban J connectivity index is 2.52. The highest BCUT2D eigenvalue weighted by Crippen LogP contribution is 2.30. The van der Waals surface area contributed by atoms with Gasteiger partial charge in [-0.2, -0.15) is 5.10 Å². The molecule has 1 aromatic carbocycles. The zero-order chi connectivity index (χ0) is 14.7. The van der Waals surface area contributed by atoms with Crippen LogP contribution in [0.3, 0.4) is 0 Å². The lowest BCUT2D eigenvalue weighted by atomic mass is 10.0. The summed E-state index contributed by atoms with van der Waals surface area (Å²) in [6, 6.07) is 6.64. The smallest absolute Gasteiger partial charge is 0.0760 e. The second kappa shape index (κ2) is 6.87. The Morgan fingerprint density at radius 3 is 2.60 bits per heavy atom. The molecule has 1 heterocycles. The van der Waals surface area contributed by atoms with Crippen molar-refractivity contribution in [1.82, 2.24) is 15.1 Å². The molecule has 0 saturated carbocycles. The van der Waals surface area contributed by atoms with Gasteiger partial charge in [0.25, 0.3) is 0 Å². The van der Waals surface area contributed by atoms with Gasteiger partial charge in [0, 0.05) is 11.0 Å². The number of hydrogen-bond donors (Lipinski definition) is 1. The van der Waals surface area contributed by atoms with Gasteiger partial charge in [0.1, 0.15) is 0 Å². The topological polar surface area (TPSA) is 29.9 Å². The maximum absolute atomic E-state index is 4.43. The summed E-state index contributed by atoms with van der Waals surface area (Å²) in [5.41, 5.74) is 3.66. The molecule has 20 heavy (non-hydrogen) atoms. The Morgan fingerprint density at radius 2 is 2.00 bits per heavy atom. The maximum Gasteiger partial charge on any atom is 0.0760 e. The van der Waals surface area contributed by atoms with Crippen molar-refractivity contribution in [3.63, 3.8) is 0 Å². The third-order valence-corrected chi connectivity index (χ3v) is 4.28. The van der Waals surface area contributed by atoms with Gasteiger partial charge in [-0.3, -0.25) is 4.68 Å². The Bertz CT molecular complexity index is 573. The molecule has 0 fully saturated rings. The van der Waals surface area contributed by atoms with Gasteiger partial charge in [-0.25, -0.2) is 0 Å². The van der Waals surface area contributed by atoms with Gasteiger partial charge in [0.2, 0.25) is 0 Å². The van der Waals surface area contributed by atoms with Crippen LogP contribution in [-0.2, 0) is 6.54 Å². The van der Waals surface area contributed by atoms with E-state index in [0.717, 1.165) is 22.0 Å². The zero-order valence-electron chi connectivity index (χ0n) is 12.0. The number of rotatable bonds is 5. The lowest BCUT2D eigenvalue weighted by Gasteiger charge is -2.21. The fourth-order valence-corrected chi connectivity index (χ4v) is 3.57. The molecule has 5 heteroatoms. The van der Waals surface area contributed by atoms with Crippen molar-refractivity contribution in [2.45, 2.75) is 33.4 Å².